The summed E-state index contributed by atoms with van der Waals surface area (Å²) in [5, 5.41) is 18.3. The molecule has 3 amide bonds. The van der Waals surface area contributed by atoms with E-state index >= 15 is 0 Å². The Balaban J connectivity index is 1.86. The molecule has 0 saturated heterocycles. The highest BCUT2D eigenvalue weighted by Gasteiger charge is 2.30. The smallest absolute Gasteiger partial charge is 0.335 e. The van der Waals surface area contributed by atoms with E-state index in [9.17, 15) is 24.3 Å². The molecule has 1 aliphatic rings. The van der Waals surface area contributed by atoms with Gasteiger partial charge in [0.15, 0.2) is 18.3 Å². The summed E-state index contributed by atoms with van der Waals surface area (Å²) < 4.78 is 18.8. The van der Waals surface area contributed by atoms with E-state index < -0.39 is 42.0 Å². The van der Waals surface area contributed by atoms with Crippen LogP contribution in [0.25, 0.3) is 0 Å². The van der Waals surface area contributed by atoms with Crippen molar-refractivity contribution in [3.05, 3.63) is 72.3 Å². The van der Waals surface area contributed by atoms with Gasteiger partial charge in [0.05, 0.1) is 22.6 Å². The maximum Gasteiger partial charge on any atom is 0.335 e. The summed E-state index contributed by atoms with van der Waals surface area (Å²) in [5.74, 6) is -1.82. The molecule has 0 saturated carbocycles. The topological polar surface area (TPSA) is 152 Å². The molecule has 1 aliphatic heterocycles. The lowest BCUT2D eigenvalue weighted by Crippen LogP contribution is -2.37. The molecule has 3 atom stereocenters. The monoisotopic (exact) mass is 659 g/mol. The van der Waals surface area contributed by atoms with E-state index in [1.165, 1.54) is 18.2 Å². The maximum atomic E-state index is 13.9. The van der Waals surface area contributed by atoms with Crippen molar-refractivity contribution in [3.8, 4) is 17.2 Å². The molecule has 0 fully saturated rings. The Bertz CT molecular complexity index is 1610. The fraction of sp³-hybridized carbons (Fsp3) is 0.405. The van der Waals surface area contributed by atoms with Crippen LogP contribution in [-0.4, -0.2) is 47.1 Å². The Morgan fingerprint density at radius 1 is 0.583 bits per heavy atom. The predicted molar refractivity (Wildman–Crippen MR) is 184 cm³/mol. The van der Waals surface area contributed by atoms with Gasteiger partial charge < -0.3 is 35.3 Å². The number of para-hydroxylation sites is 4. The van der Waals surface area contributed by atoms with Gasteiger partial charge in [-0.3, -0.25) is 14.4 Å². The number of benzene rings is 3. The van der Waals surface area contributed by atoms with E-state index in [0.717, 1.165) is 0 Å². The van der Waals surface area contributed by atoms with Crippen molar-refractivity contribution in [2.75, 3.05) is 16.0 Å². The highest BCUT2D eigenvalue weighted by molar-refractivity contribution is 6.00. The summed E-state index contributed by atoms with van der Waals surface area (Å²) in [6.07, 6.45) is -2.01. The van der Waals surface area contributed by atoms with Crippen LogP contribution in [0.3, 0.4) is 0 Å². The van der Waals surface area contributed by atoms with Gasteiger partial charge in [-0.1, -0.05) is 65.8 Å². The SMILES string of the molecule is CC(C)CC1Oc2ccccc2NC(=O)C(CC(C)C)Oc2ccccc2NC(=O)C(CC(C)C)Oc2ccc(C(=O)O)cc2NC1=O. The Labute approximate surface area is 281 Å². The number of fused-ring (bicyclic) bond motifs is 3. The van der Waals surface area contributed by atoms with Crippen LogP contribution in [0, 0.1) is 17.8 Å². The average molecular weight is 660 g/mol. The van der Waals surface area contributed by atoms with E-state index in [4.69, 9.17) is 14.2 Å². The molecular formula is C37H45N3O8. The summed E-state index contributed by atoms with van der Waals surface area (Å²) in [6, 6.07) is 17.7. The molecule has 0 aliphatic carbocycles. The van der Waals surface area contributed by atoms with Crippen LogP contribution in [0.1, 0.15) is 71.2 Å². The number of hydrogen-bond donors (Lipinski definition) is 4. The first-order chi connectivity index (χ1) is 22.8. The van der Waals surface area contributed by atoms with E-state index in [2.05, 4.69) is 16.0 Å². The first kappa shape index (κ1) is 35.8. The van der Waals surface area contributed by atoms with Gasteiger partial charge in [-0.25, -0.2) is 4.79 Å². The molecule has 1 heterocycles. The lowest BCUT2D eigenvalue weighted by molar-refractivity contribution is -0.123. The second kappa shape index (κ2) is 16.2. The van der Waals surface area contributed by atoms with Crippen molar-refractivity contribution in [1.29, 1.82) is 0 Å². The molecular weight excluding hydrogens is 614 g/mol. The number of rotatable bonds is 7. The third kappa shape index (κ3) is 9.73. The number of aromatic carboxylic acids is 1. The van der Waals surface area contributed by atoms with Crippen molar-refractivity contribution in [2.45, 2.75) is 79.1 Å². The largest absolute Gasteiger partial charge is 0.478 e. The minimum absolute atomic E-state index is 0.0319. The normalized spacial score (nSPS) is 18.9. The van der Waals surface area contributed by atoms with Gasteiger partial charge in [-0.15, -0.1) is 0 Å². The maximum absolute atomic E-state index is 13.9. The van der Waals surface area contributed by atoms with Gasteiger partial charge >= 0.3 is 5.97 Å². The molecule has 4 N–H and O–H groups in total. The average Bonchev–Trinajstić information content (AvgIpc) is 3.01. The third-order valence-corrected chi connectivity index (χ3v) is 7.52. The lowest BCUT2D eigenvalue weighted by Gasteiger charge is -2.26. The number of amides is 3. The van der Waals surface area contributed by atoms with Gasteiger partial charge in [0.25, 0.3) is 17.7 Å². The molecule has 3 aromatic carbocycles. The Morgan fingerprint density at radius 2 is 0.938 bits per heavy atom. The van der Waals surface area contributed by atoms with E-state index in [1.54, 1.807) is 48.5 Å². The predicted octanol–water partition coefficient (Wildman–Crippen LogP) is 6.99. The zero-order valence-corrected chi connectivity index (χ0v) is 28.2. The zero-order valence-electron chi connectivity index (χ0n) is 28.2. The molecule has 3 unspecified atom stereocenters. The van der Waals surface area contributed by atoms with Crippen LogP contribution in [0.15, 0.2) is 66.7 Å². The number of hydrogen-bond acceptors (Lipinski definition) is 7. The first-order valence-corrected chi connectivity index (χ1v) is 16.3. The van der Waals surface area contributed by atoms with Crippen LogP contribution in [0.5, 0.6) is 17.2 Å². The number of nitrogens with one attached hydrogen (secondary N) is 3. The highest BCUT2D eigenvalue weighted by Crippen LogP contribution is 2.33. The van der Waals surface area contributed by atoms with Gasteiger partial charge in [0, 0.05) is 0 Å². The zero-order chi connectivity index (χ0) is 35.0. The molecule has 0 bridgehead atoms. The Morgan fingerprint density at radius 3 is 1.31 bits per heavy atom. The molecule has 0 radical (unpaired) electrons. The lowest BCUT2D eigenvalue weighted by atomic mass is 10.0. The number of ether oxygens (including phenoxy) is 3. The van der Waals surface area contributed by atoms with E-state index in [1.807, 2.05) is 41.5 Å². The van der Waals surface area contributed by atoms with Crippen LogP contribution in [0.2, 0.25) is 0 Å². The molecule has 256 valence electrons. The van der Waals surface area contributed by atoms with Crippen molar-refractivity contribution in [1.82, 2.24) is 0 Å². The third-order valence-electron chi connectivity index (χ3n) is 7.52. The van der Waals surface area contributed by atoms with Gasteiger partial charge in [0.2, 0.25) is 0 Å². The number of carbonyl (C=O) groups excluding carboxylic acids is 3. The molecule has 11 nitrogen and oxygen atoms in total. The van der Waals surface area contributed by atoms with Gasteiger partial charge in [-0.2, -0.15) is 0 Å². The second-order valence-electron chi connectivity index (χ2n) is 13.2. The summed E-state index contributed by atoms with van der Waals surface area (Å²) >= 11 is 0. The summed E-state index contributed by atoms with van der Waals surface area (Å²) in [7, 11) is 0. The quantitative estimate of drug-likeness (QED) is 0.212. The van der Waals surface area contributed by atoms with Crippen molar-refractivity contribution < 1.29 is 38.5 Å². The van der Waals surface area contributed by atoms with Crippen molar-refractivity contribution in [2.24, 2.45) is 17.8 Å². The fourth-order valence-corrected chi connectivity index (χ4v) is 5.22. The minimum Gasteiger partial charge on any atom is -0.478 e. The van der Waals surface area contributed by atoms with Crippen LogP contribution in [0.4, 0.5) is 17.1 Å². The standard InChI is InChI=1S/C37H45N3O8/c1-21(2)17-31-34(41)38-26-12-8-10-14-29(26)47-33(19-23(5)6)36(43)40-27-20-24(37(44)45)15-16-30(27)48-32(18-22(3)4)35(42)39-25-11-7-9-13-28(25)46-31/h7-16,20-23,31-33H,17-19H2,1-6H3,(H,38,41)(H,39,42)(H,40,43)(H,44,45). The second-order valence-corrected chi connectivity index (χ2v) is 13.2. The summed E-state index contributed by atoms with van der Waals surface area (Å²) in [6.45, 7) is 11.7. The number of carboxylic acid groups (broad SMARTS) is 1. The van der Waals surface area contributed by atoms with Crippen molar-refractivity contribution in [3.63, 3.8) is 0 Å². The summed E-state index contributed by atoms with van der Waals surface area (Å²) in [5.41, 5.74) is 0.679. The molecule has 4 rings (SSSR count). The minimum atomic E-state index is -1.20. The molecule has 3 aromatic rings. The number of anilines is 3. The Kier molecular flexibility index (Phi) is 12.1. The van der Waals surface area contributed by atoms with Gasteiger partial charge in [0.1, 0.15) is 17.2 Å². The van der Waals surface area contributed by atoms with E-state index in [0.29, 0.717) is 36.4 Å². The highest BCUT2D eigenvalue weighted by atomic mass is 16.5. The Hall–Kier alpha value is -5.06. The van der Waals surface area contributed by atoms with Crippen LogP contribution < -0.4 is 30.2 Å². The van der Waals surface area contributed by atoms with E-state index in [-0.39, 0.29) is 40.5 Å². The fourth-order valence-electron chi connectivity index (χ4n) is 5.22. The van der Waals surface area contributed by atoms with Crippen molar-refractivity contribution >= 4 is 40.8 Å². The molecule has 0 aromatic heterocycles. The van der Waals surface area contributed by atoms with Crippen LogP contribution in [-0.2, 0) is 14.4 Å². The number of carbonyl (C=O) groups is 4. The number of carboxylic acids is 1. The molecule has 0 spiro atoms. The van der Waals surface area contributed by atoms with Gasteiger partial charge in [-0.05, 0) is 79.5 Å². The first-order valence-electron chi connectivity index (χ1n) is 16.3. The molecule has 11 heteroatoms. The van der Waals surface area contributed by atoms with Crippen LogP contribution >= 0.6 is 0 Å². The summed E-state index contributed by atoms with van der Waals surface area (Å²) in [4.78, 5) is 53.4. The molecule has 48 heavy (non-hydrogen) atoms.